The molecular formula is C12H16N4O2. The number of carbonyl (C=O) groups excluding carboxylic acids is 2. The van der Waals surface area contributed by atoms with Crippen molar-refractivity contribution in [2.24, 2.45) is 0 Å². The molecule has 0 saturated carbocycles. The molecule has 1 atom stereocenters. The van der Waals surface area contributed by atoms with Gasteiger partial charge in [0.05, 0.1) is 11.6 Å². The summed E-state index contributed by atoms with van der Waals surface area (Å²) in [5, 5.41) is 5.89. The van der Waals surface area contributed by atoms with E-state index in [1.807, 2.05) is 0 Å². The van der Waals surface area contributed by atoms with Crippen LogP contribution in [0.3, 0.4) is 0 Å². The summed E-state index contributed by atoms with van der Waals surface area (Å²) in [6, 6.07) is 3.54. The summed E-state index contributed by atoms with van der Waals surface area (Å²) in [6.07, 6.45) is 1.99. The van der Waals surface area contributed by atoms with Crippen molar-refractivity contribution in [1.82, 2.24) is 15.2 Å². The summed E-state index contributed by atoms with van der Waals surface area (Å²) in [7, 11) is 3.40. The van der Waals surface area contributed by atoms with Crippen LogP contribution >= 0.6 is 0 Å². The standard InChI is InChI=1S/C12H16N4O2/c1-16(2)12(18)8-3-4-10(13-6-8)15-9-5-11(17)14-7-9/h3-4,6,9H,5,7H2,1-2H3,(H,13,15)(H,14,17). The molecule has 1 aromatic rings. The van der Waals surface area contributed by atoms with Crippen LogP contribution in [-0.2, 0) is 4.79 Å². The number of rotatable bonds is 3. The van der Waals surface area contributed by atoms with Gasteiger partial charge in [-0.3, -0.25) is 9.59 Å². The Bertz CT molecular complexity index is 456. The predicted molar refractivity (Wildman–Crippen MR) is 67.3 cm³/mol. The lowest BCUT2D eigenvalue weighted by atomic mass is 10.2. The smallest absolute Gasteiger partial charge is 0.254 e. The van der Waals surface area contributed by atoms with Crippen LogP contribution in [0.15, 0.2) is 18.3 Å². The highest BCUT2D eigenvalue weighted by molar-refractivity contribution is 5.93. The summed E-state index contributed by atoms with van der Waals surface area (Å²) in [5.74, 6) is 0.644. The van der Waals surface area contributed by atoms with Crippen LogP contribution in [0.4, 0.5) is 5.82 Å². The molecule has 1 saturated heterocycles. The number of nitrogens with zero attached hydrogens (tertiary/aromatic N) is 2. The number of amides is 2. The van der Waals surface area contributed by atoms with Crippen LogP contribution in [0.2, 0.25) is 0 Å². The van der Waals surface area contributed by atoms with Gasteiger partial charge in [0.25, 0.3) is 5.91 Å². The summed E-state index contributed by atoms with van der Waals surface area (Å²) in [4.78, 5) is 28.4. The van der Waals surface area contributed by atoms with Gasteiger partial charge in [0.15, 0.2) is 0 Å². The number of aromatic nitrogens is 1. The van der Waals surface area contributed by atoms with E-state index >= 15 is 0 Å². The highest BCUT2D eigenvalue weighted by atomic mass is 16.2. The van der Waals surface area contributed by atoms with Crippen molar-refractivity contribution < 1.29 is 9.59 Å². The number of nitrogens with one attached hydrogen (secondary N) is 2. The average Bonchev–Trinajstić information content (AvgIpc) is 2.75. The molecule has 96 valence electrons. The maximum absolute atomic E-state index is 11.7. The lowest BCUT2D eigenvalue weighted by molar-refractivity contribution is -0.119. The topological polar surface area (TPSA) is 74.3 Å². The van der Waals surface area contributed by atoms with Gasteiger partial charge in [-0.2, -0.15) is 0 Å². The number of pyridine rings is 1. The van der Waals surface area contributed by atoms with Crippen molar-refractivity contribution in [3.63, 3.8) is 0 Å². The first-order valence-electron chi connectivity index (χ1n) is 5.77. The Hall–Kier alpha value is -2.11. The number of hydrogen-bond donors (Lipinski definition) is 2. The van der Waals surface area contributed by atoms with Crippen LogP contribution in [-0.4, -0.2) is 48.4 Å². The van der Waals surface area contributed by atoms with Gasteiger partial charge in [0.1, 0.15) is 5.82 Å². The minimum Gasteiger partial charge on any atom is -0.365 e. The number of carbonyl (C=O) groups is 2. The zero-order valence-electron chi connectivity index (χ0n) is 10.4. The Morgan fingerprint density at radius 1 is 1.50 bits per heavy atom. The van der Waals surface area contributed by atoms with E-state index in [-0.39, 0.29) is 17.9 Å². The maximum Gasteiger partial charge on any atom is 0.254 e. The lowest BCUT2D eigenvalue weighted by Gasteiger charge is -2.12. The minimum absolute atomic E-state index is 0.0481. The minimum atomic E-state index is -0.0771. The molecule has 18 heavy (non-hydrogen) atoms. The molecule has 6 nitrogen and oxygen atoms in total. The van der Waals surface area contributed by atoms with E-state index < -0.39 is 0 Å². The van der Waals surface area contributed by atoms with Crippen molar-refractivity contribution in [2.75, 3.05) is 26.0 Å². The van der Waals surface area contributed by atoms with E-state index in [0.29, 0.717) is 24.3 Å². The molecule has 6 heteroatoms. The van der Waals surface area contributed by atoms with Gasteiger partial charge < -0.3 is 15.5 Å². The first-order chi connectivity index (χ1) is 8.56. The lowest BCUT2D eigenvalue weighted by Crippen LogP contribution is -2.24. The van der Waals surface area contributed by atoms with Gasteiger partial charge in [-0.05, 0) is 12.1 Å². The van der Waals surface area contributed by atoms with Crippen molar-refractivity contribution in [3.05, 3.63) is 23.9 Å². The van der Waals surface area contributed by atoms with Crippen LogP contribution in [0.1, 0.15) is 16.8 Å². The zero-order valence-corrected chi connectivity index (χ0v) is 10.4. The first-order valence-corrected chi connectivity index (χ1v) is 5.77. The van der Waals surface area contributed by atoms with Crippen LogP contribution in [0, 0.1) is 0 Å². The molecule has 0 spiro atoms. The van der Waals surface area contributed by atoms with Crippen molar-refractivity contribution >= 4 is 17.6 Å². The monoisotopic (exact) mass is 248 g/mol. The third kappa shape index (κ3) is 2.77. The fourth-order valence-corrected chi connectivity index (χ4v) is 1.78. The number of anilines is 1. The summed E-state index contributed by atoms with van der Waals surface area (Å²) in [6.45, 7) is 0.610. The molecule has 1 aliphatic rings. The van der Waals surface area contributed by atoms with E-state index in [1.165, 1.54) is 11.1 Å². The van der Waals surface area contributed by atoms with Gasteiger partial charge in [0.2, 0.25) is 5.91 Å². The van der Waals surface area contributed by atoms with Crippen LogP contribution in [0.5, 0.6) is 0 Å². The second-order valence-electron chi connectivity index (χ2n) is 4.48. The van der Waals surface area contributed by atoms with E-state index in [9.17, 15) is 9.59 Å². The van der Waals surface area contributed by atoms with E-state index in [0.717, 1.165) is 0 Å². The number of hydrogen-bond acceptors (Lipinski definition) is 4. The fraction of sp³-hybridized carbons (Fsp3) is 0.417. The average molecular weight is 248 g/mol. The van der Waals surface area contributed by atoms with Crippen molar-refractivity contribution in [2.45, 2.75) is 12.5 Å². The Balaban J connectivity index is 1.99. The van der Waals surface area contributed by atoms with E-state index in [2.05, 4.69) is 15.6 Å². The Morgan fingerprint density at radius 2 is 2.28 bits per heavy atom. The molecule has 2 rings (SSSR count). The molecular weight excluding hydrogens is 232 g/mol. The molecule has 1 aliphatic heterocycles. The molecule has 2 heterocycles. The van der Waals surface area contributed by atoms with Crippen LogP contribution in [0.25, 0.3) is 0 Å². The molecule has 1 aromatic heterocycles. The van der Waals surface area contributed by atoms with Gasteiger partial charge in [-0.1, -0.05) is 0 Å². The molecule has 2 N–H and O–H groups in total. The summed E-state index contributed by atoms with van der Waals surface area (Å²) >= 11 is 0. The van der Waals surface area contributed by atoms with Crippen molar-refractivity contribution in [3.8, 4) is 0 Å². The maximum atomic E-state index is 11.7. The Kier molecular flexibility index (Phi) is 3.45. The van der Waals surface area contributed by atoms with Gasteiger partial charge in [0, 0.05) is 33.3 Å². The fourth-order valence-electron chi connectivity index (χ4n) is 1.78. The van der Waals surface area contributed by atoms with E-state index in [4.69, 9.17) is 0 Å². The highest BCUT2D eigenvalue weighted by Crippen LogP contribution is 2.11. The SMILES string of the molecule is CN(C)C(=O)c1ccc(NC2CNC(=O)C2)nc1. The molecule has 0 aromatic carbocycles. The molecule has 0 radical (unpaired) electrons. The van der Waals surface area contributed by atoms with Gasteiger partial charge in [-0.25, -0.2) is 4.98 Å². The molecule has 1 fully saturated rings. The predicted octanol–water partition coefficient (Wildman–Crippen LogP) is 0.0838. The highest BCUT2D eigenvalue weighted by Gasteiger charge is 2.21. The molecule has 0 bridgehead atoms. The summed E-state index contributed by atoms with van der Waals surface area (Å²) < 4.78 is 0. The quantitative estimate of drug-likeness (QED) is 0.794. The second kappa shape index (κ2) is 5.03. The second-order valence-corrected chi connectivity index (χ2v) is 4.48. The van der Waals surface area contributed by atoms with Crippen LogP contribution < -0.4 is 10.6 Å². The normalized spacial score (nSPS) is 18.3. The van der Waals surface area contributed by atoms with Gasteiger partial charge >= 0.3 is 0 Å². The third-order valence-electron chi connectivity index (χ3n) is 2.75. The molecule has 1 unspecified atom stereocenters. The molecule has 2 amide bonds. The third-order valence-corrected chi connectivity index (χ3v) is 2.75. The van der Waals surface area contributed by atoms with Gasteiger partial charge in [-0.15, -0.1) is 0 Å². The Labute approximate surface area is 105 Å². The largest absolute Gasteiger partial charge is 0.365 e. The first kappa shape index (κ1) is 12.3. The zero-order chi connectivity index (χ0) is 13.1. The molecule has 0 aliphatic carbocycles. The Morgan fingerprint density at radius 3 is 2.78 bits per heavy atom. The summed E-state index contributed by atoms with van der Waals surface area (Å²) in [5.41, 5.74) is 0.547. The van der Waals surface area contributed by atoms with E-state index in [1.54, 1.807) is 26.2 Å². The van der Waals surface area contributed by atoms with Crippen molar-refractivity contribution in [1.29, 1.82) is 0 Å².